The number of ether oxygens (including phenoxy) is 2. The molecule has 0 unspecified atom stereocenters. The van der Waals surface area contributed by atoms with Crippen LogP contribution in [0.2, 0.25) is 0 Å². The van der Waals surface area contributed by atoms with E-state index in [0.717, 1.165) is 16.8 Å². The molecule has 10 nitrogen and oxygen atoms in total. The number of alkyl halides is 3. The molecule has 1 atom stereocenters. The van der Waals surface area contributed by atoms with Gasteiger partial charge in [0.15, 0.2) is 0 Å². The van der Waals surface area contributed by atoms with E-state index >= 15 is 0 Å². The van der Waals surface area contributed by atoms with Gasteiger partial charge < -0.3 is 14.6 Å². The zero-order valence-corrected chi connectivity index (χ0v) is 17.0. The Bertz CT molecular complexity index is 1280. The van der Waals surface area contributed by atoms with E-state index in [-0.39, 0.29) is 35.9 Å². The van der Waals surface area contributed by atoms with Gasteiger partial charge in [-0.2, -0.15) is 14.9 Å². The van der Waals surface area contributed by atoms with Crippen LogP contribution in [0.4, 0.5) is 13.2 Å². The van der Waals surface area contributed by atoms with Gasteiger partial charge in [-0.05, 0) is 30.3 Å². The second kappa shape index (κ2) is 8.60. The van der Waals surface area contributed by atoms with Gasteiger partial charge in [0, 0.05) is 12.6 Å². The number of rotatable bonds is 4. The maximum Gasteiger partial charge on any atom is 0.573 e. The Hall–Kier alpha value is -3.84. The number of hydrogen-bond acceptors (Lipinski definition) is 7. The highest BCUT2D eigenvalue weighted by Gasteiger charge is 2.31. The molecule has 3 aromatic rings. The summed E-state index contributed by atoms with van der Waals surface area (Å²) >= 11 is 0. The van der Waals surface area contributed by atoms with Gasteiger partial charge in [-0.25, -0.2) is 4.99 Å². The molecule has 1 aliphatic heterocycles. The number of carbonyl (C=O) groups is 1. The number of aliphatic hydroxyl groups is 1. The molecular formula is C20H16F3N5O5. The van der Waals surface area contributed by atoms with Crippen molar-refractivity contribution in [3.05, 3.63) is 58.6 Å². The third-order valence-corrected chi connectivity index (χ3v) is 4.62. The number of nitrogens with zero attached hydrogens (tertiary/aromatic N) is 5. The molecule has 0 aliphatic carbocycles. The highest BCUT2D eigenvalue weighted by atomic mass is 19.4. The summed E-state index contributed by atoms with van der Waals surface area (Å²) in [4.78, 5) is 29.6. The van der Waals surface area contributed by atoms with Crippen LogP contribution in [0.1, 0.15) is 10.4 Å². The normalized spacial score (nSPS) is 17.5. The third kappa shape index (κ3) is 4.99. The van der Waals surface area contributed by atoms with Gasteiger partial charge in [-0.3, -0.25) is 14.3 Å². The molecule has 3 heterocycles. The Morgan fingerprint density at radius 2 is 2.03 bits per heavy atom. The van der Waals surface area contributed by atoms with Crippen molar-refractivity contribution in [2.75, 3.05) is 13.2 Å². The predicted octanol–water partition coefficient (Wildman–Crippen LogP) is 1.50. The lowest BCUT2D eigenvalue weighted by molar-refractivity contribution is -0.274. The summed E-state index contributed by atoms with van der Waals surface area (Å²) in [5, 5.41) is 18.0. The smallest absolute Gasteiger partial charge is 0.406 e. The molecule has 1 N–H and O–H groups in total. The number of benzene rings is 1. The van der Waals surface area contributed by atoms with Gasteiger partial charge in [0.25, 0.3) is 11.5 Å². The lowest BCUT2D eigenvalue weighted by atomic mass is 10.1. The average Bonchev–Trinajstić information content (AvgIpc) is 3.35. The fourth-order valence-electron chi connectivity index (χ4n) is 3.07. The van der Waals surface area contributed by atoms with Crippen LogP contribution in [0.5, 0.6) is 5.75 Å². The molecule has 0 spiro atoms. The van der Waals surface area contributed by atoms with E-state index in [1.165, 1.54) is 35.3 Å². The van der Waals surface area contributed by atoms with E-state index in [2.05, 4.69) is 19.9 Å². The van der Waals surface area contributed by atoms with Crippen LogP contribution < -0.4 is 10.3 Å². The Kier molecular flexibility index (Phi) is 5.82. The van der Waals surface area contributed by atoms with Crippen molar-refractivity contribution in [1.29, 1.82) is 0 Å². The number of carbonyl (C=O) groups excluding carboxylic acids is 1. The lowest BCUT2D eigenvalue weighted by Gasteiger charge is -2.11. The Morgan fingerprint density at radius 1 is 1.30 bits per heavy atom. The molecule has 4 rings (SSSR count). The van der Waals surface area contributed by atoms with Crippen molar-refractivity contribution >= 4 is 11.6 Å². The Morgan fingerprint density at radius 3 is 2.61 bits per heavy atom. The molecule has 172 valence electrons. The molecular weight excluding hydrogens is 447 g/mol. The quantitative estimate of drug-likeness (QED) is 0.623. The molecule has 1 amide bonds. The van der Waals surface area contributed by atoms with E-state index in [0.29, 0.717) is 5.56 Å². The summed E-state index contributed by atoms with van der Waals surface area (Å²) in [6.07, 6.45) is -3.06. The van der Waals surface area contributed by atoms with Crippen molar-refractivity contribution in [1.82, 2.24) is 19.6 Å². The Labute approximate surface area is 183 Å². The first-order valence-electron chi connectivity index (χ1n) is 9.48. The summed E-state index contributed by atoms with van der Waals surface area (Å²) < 4.78 is 48.6. The molecule has 2 aromatic heterocycles. The van der Waals surface area contributed by atoms with Crippen molar-refractivity contribution in [2.24, 2.45) is 12.0 Å². The highest BCUT2D eigenvalue weighted by Crippen LogP contribution is 2.26. The van der Waals surface area contributed by atoms with Crippen LogP contribution >= 0.6 is 0 Å². The van der Waals surface area contributed by atoms with Gasteiger partial charge >= 0.3 is 6.36 Å². The largest absolute Gasteiger partial charge is 0.573 e. The summed E-state index contributed by atoms with van der Waals surface area (Å²) in [5.74, 6) is -1.36. The minimum Gasteiger partial charge on any atom is -0.406 e. The fraction of sp³-hybridized carbons (Fsp3) is 0.250. The lowest BCUT2D eigenvalue weighted by Crippen LogP contribution is -2.28. The highest BCUT2D eigenvalue weighted by molar-refractivity contribution is 6.06. The van der Waals surface area contributed by atoms with Gasteiger partial charge in [-0.15, -0.1) is 13.2 Å². The van der Waals surface area contributed by atoms with E-state index in [9.17, 15) is 27.9 Å². The molecule has 13 heteroatoms. The Balaban J connectivity index is 1.80. The molecule has 1 aromatic carbocycles. The number of amides is 1. The van der Waals surface area contributed by atoms with Crippen LogP contribution in [-0.4, -0.2) is 62.0 Å². The monoisotopic (exact) mass is 463 g/mol. The second-order valence-corrected chi connectivity index (χ2v) is 7.04. The summed E-state index contributed by atoms with van der Waals surface area (Å²) in [6, 6.07) is 5.95. The maximum absolute atomic E-state index is 13.0. The maximum atomic E-state index is 13.0. The van der Waals surface area contributed by atoms with E-state index < -0.39 is 29.7 Å². The summed E-state index contributed by atoms with van der Waals surface area (Å²) in [6.45, 7) is -0.0672. The summed E-state index contributed by atoms with van der Waals surface area (Å²) in [5.41, 5.74) is -0.374. The number of aryl methyl sites for hydroxylation is 1. The zero-order valence-electron chi connectivity index (χ0n) is 17.0. The number of halogens is 3. The molecule has 1 aliphatic rings. The minimum atomic E-state index is -4.85. The molecule has 1 saturated heterocycles. The van der Waals surface area contributed by atoms with Crippen molar-refractivity contribution in [2.45, 2.75) is 12.5 Å². The van der Waals surface area contributed by atoms with Gasteiger partial charge in [0.1, 0.15) is 23.1 Å². The molecule has 0 saturated carbocycles. The van der Waals surface area contributed by atoms with Crippen LogP contribution in [0.25, 0.3) is 16.9 Å². The molecule has 0 bridgehead atoms. The average molecular weight is 463 g/mol. The topological polar surface area (TPSA) is 121 Å². The van der Waals surface area contributed by atoms with Crippen LogP contribution in [0.3, 0.4) is 0 Å². The van der Waals surface area contributed by atoms with E-state index in [1.807, 2.05) is 0 Å². The summed E-state index contributed by atoms with van der Waals surface area (Å²) in [7, 11) is 1.62. The van der Waals surface area contributed by atoms with E-state index in [4.69, 9.17) is 4.74 Å². The number of aliphatic hydroxyl groups excluding tert-OH is 1. The molecule has 1 fully saturated rings. The van der Waals surface area contributed by atoms with Gasteiger partial charge in [-0.1, -0.05) is 0 Å². The number of aliphatic imine (C=N–C) groups is 1. The first-order chi connectivity index (χ1) is 15.6. The fourth-order valence-corrected chi connectivity index (χ4v) is 3.07. The number of hydrogen-bond donors (Lipinski definition) is 1. The first kappa shape index (κ1) is 22.4. The van der Waals surface area contributed by atoms with Crippen molar-refractivity contribution in [3.63, 3.8) is 0 Å². The van der Waals surface area contributed by atoms with E-state index in [1.54, 1.807) is 7.05 Å². The molecule has 33 heavy (non-hydrogen) atoms. The zero-order chi connectivity index (χ0) is 23.8. The third-order valence-electron chi connectivity index (χ3n) is 4.62. The predicted molar refractivity (Wildman–Crippen MR) is 107 cm³/mol. The van der Waals surface area contributed by atoms with Crippen LogP contribution in [0.15, 0.2) is 52.5 Å². The van der Waals surface area contributed by atoms with Gasteiger partial charge in [0.05, 0.1) is 37.0 Å². The molecule has 0 radical (unpaired) electrons. The minimum absolute atomic E-state index is 0.0139. The van der Waals surface area contributed by atoms with Crippen molar-refractivity contribution in [3.8, 4) is 22.7 Å². The first-order valence-corrected chi connectivity index (χ1v) is 9.48. The van der Waals surface area contributed by atoms with Crippen LogP contribution in [0, 0.1) is 0 Å². The van der Waals surface area contributed by atoms with Crippen LogP contribution in [-0.2, 0) is 11.8 Å². The second-order valence-electron chi connectivity index (χ2n) is 7.04. The van der Waals surface area contributed by atoms with Gasteiger partial charge in [0.2, 0.25) is 0 Å². The SMILES string of the molecule is Cn1cc(-n2nc(-c3ccc(OC(F)(F)F)cc3)cc(C(=O)N=C3COC[C@@H]3O)c2=O)cn1. The van der Waals surface area contributed by atoms with Crippen molar-refractivity contribution < 1.29 is 32.5 Å². The standard InChI is InChI=1S/C20H16F3N5O5/c1-27-8-12(7-24-27)28-19(31)14(18(30)25-16-9-32-10-17(16)29)6-15(26-28)11-2-4-13(5-3-11)33-20(21,22)23/h2-8,17,29H,9-10H2,1H3/t17-/m0/s1. The number of aromatic nitrogens is 4.